The number of hydrogen-bond donors (Lipinski definition) is 1. The van der Waals surface area contributed by atoms with Gasteiger partial charge in [-0.2, -0.15) is 13.2 Å². The first-order valence-corrected chi connectivity index (χ1v) is 5.39. The quantitative estimate of drug-likeness (QED) is 0.806. The molecule has 1 saturated heterocycles. The number of methoxy groups -OCH3 is 1. The van der Waals surface area contributed by atoms with Crippen LogP contribution < -0.4 is 5.32 Å². The SMILES string of the molecule is CCC(NC)C(=O)N1CC(OC)(C(F)(F)F)C1. The van der Waals surface area contributed by atoms with Crippen molar-refractivity contribution in [1.82, 2.24) is 10.2 Å². The predicted octanol–water partition coefficient (Wildman–Crippen LogP) is 0.774. The molecular weight excluding hydrogens is 237 g/mol. The lowest BCUT2D eigenvalue weighted by Crippen LogP contribution is -2.72. The molecule has 1 heterocycles. The van der Waals surface area contributed by atoms with Crippen molar-refractivity contribution < 1.29 is 22.7 Å². The zero-order valence-corrected chi connectivity index (χ0v) is 10.1. The second kappa shape index (κ2) is 4.81. The van der Waals surface area contributed by atoms with E-state index in [-0.39, 0.29) is 5.91 Å². The van der Waals surface area contributed by atoms with E-state index in [0.717, 1.165) is 7.11 Å². The number of likely N-dealkylation sites (N-methyl/N-ethyl adjacent to an activating group) is 1. The molecule has 1 unspecified atom stereocenters. The molecule has 1 aliphatic rings. The summed E-state index contributed by atoms with van der Waals surface area (Å²) >= 11 is 0. The molecule has 1 amide bonds. The Kier molecular flexibility index (Phi) is 4.03. The van der Waals surface area contributed by atoms with Crippen molar-refractivity contribution in [2.45, 2.75) is 31.2 Å². The van der Waals surface area contributed by atoms with Crippen LogP contribution in [0.1, 0.15) is 13.3 Å². The Morgan fingerprint density at radius 2 is 2.06 bits per heavy atom. The number of ether oxygens (including phenoxy) is 1. The third-order valence-electron chi connectivity index (χ3n) is 3.17. The topological polar surface area (TPSA) is 41.6 Å². The van der Waals surface area contributed by atoms with Gasteiger partial charge in [0, 0.05) is 7.11 Å². The molecule has 0 aromatic carbocycles. The summed E-state index contributed by atoms with van der Waals surface area (Å²) in [5.74, 6) is -0.313. The highest BCUT2D eigenvalue weighted by atomic mass is 19.4. The summed E-state index contributed by atoms with van der Waals surface area (Å²) in [6, 6.07) is -0.432. The summed E-state index contributed by atoms with van der Waals surface area (Å²) in [5, 5.41) is 2.77. The van der Waals surface area contributed by atoms with Gasteiger partial charge in [0.15, 0.2) is 5.60 Å². The molecule has 0 aliphatic carbocycles. The molecule has 1 aliphatic heterocycles. The van der Waals surface area contributed by atoms with Crippen molar-refractivity contribution in [2.75, 3.05) is 27.2 Å². The molecule has 0 saturated carbocycles. The number of carbonyl (C=O) groups is 1. The van der Waals surface area contributed by atoms with E-state index in [2.05, 4.69) is 10.1 Å². The molecule has 0 bridgehead atoms. The van der Waals surface area contributed by atoms with E-state index >= 15 is 0 Å². The molecule has 0 aromatic rings. The first-order valence-electron chi connectivity index (χ1n) is 5.39. The predicted molar refractivity (Wildman–Crippen MR) is 55.5 cm³/mol. The van der Waals surface area contributed by atoms with Gasteiger partial charge in [-0.05, 0) is 13.5 Å². The minimum Gasteiger partial charge on any atom is -0.365 e. The standard InChI is InChI=1S/C10H17F3N2O2/c1-4-7(14-2)8(16)15-5-9(6-15,17-3)10(11,12)13/h7,14H,4-6H2,1-3H3. The van der Waals surface area contributed by atoms with Crippen molar-refractivity contribution in [1.29, 1.82) is 0 Å². The fraction of sp³-hybridized carbons (Fsp3) is 0.900. The first-order chi connectivity index (χ1) is 7.81. The summed E-state index contributed by atoms with van der Waals surface area (Å²) in [6.45, 7) is 0.945. The lowest BCUT2D eigenvalue weighted by molar-refractivity contribution is -0.306. The molecular formula is C10H17F3N2O2. The number of carbonyl (C=O) groups excluding carboxylic acids is 1. The Morgan fingerprint density at radius 1 is 1.53 bits per heavy atom. The second-order valence-electron chi connectivity index (χ2n) is 4.14. The van der Waals surface area contributed by atoms with Crippen molar-refractivity contribution in [3.63, 3.8) is 0 Å². The number of hydrogen-bond acceptors (Lipinski definition) is 3. The number of nitrogens with zero attached hydrogens (tertiary/aromatic N) is 1. The average Bonchev–Trinajstić information content (AvgIpc) is 2.16. The van der Waals surface area contributed by atoms with Crippen LogP contribution >= 0.6 is 0 Å². The highest BCUT2D eigenvalue weighted by Gasteiger charge is 2.63. The van der Waals surface area contributed by atoms with Gasteiger partial charge < -0.3 is 15.0 Å². The van der Waals surface area contributed by atoms with E-state index in [4.69, 9.17) is 0 Å². The Labute approximate surface area is 98.1 Å². The van der Waals surface area contributed by atoms with E-state index in [1.165, 1.54) is 4.90 Å². The molecule has 0 aromatic heterocycles. The third kappa shape index (κ3) is 2.40. The number of halogens is 3. The number of alkyl halides is 3. The molecule has 17 heavy (non-hydrogen) atoms. The maximum Gasteiger partial charge on any atom is 0.420 e. The Hall–Kier alpha value is -0.820. The summed E-state index contributed by atoms with van der Waals surface area (Å²) in [5.41, 5.74) is -2.19. The van der Waals surface area contributed by atoms with Crippen LogP contribution in [0, 0.1) is 0 Å². The van der Waals surface area contributed by atoms with Gasteiger partial charge in [0.25, 0.3) is 0 Å². The zero-order chi connectivity index (χ0) is 13.3. The van der Waals surface area contributed by atoms with Crippen molar-refractivity contribution in [2.24, 2.45) is 0 Å². The summed E-state index contributed by atoms with van der Waals surface area (Å²) in [4.78, 5) is 12.9. The molecule has 4 nitrogen and oxygen atoms in total. The van der Waals surface area contributed by atoms with Crippen LogP contribution in [0.5, 0.6) is 0 Å². The van der Waals surface area contributed by atoms with E-state index in [9.17, 15) is 18.0 Å². The zero-order valence-electron chi connectivity index (χ0n) is 10.1. The normalized spacial score (nSPS) is 20.9. The van der Waals surface area contributed by atoms with Gasteiger partial charge in [0.05, 0.1) is 19.1 Å². The van der Waals surface area contributed by atoms with Gasteiger partial charge in [-0.1, -0.05) is 6.92 Å². The summed E-state index contributed by atoms with van der Waals surface area (Å²) < 4.78 is 42.6. The largest absolute Gasteiger partial charge is 0.420 e. The third-order valence-corrected chi connectivity index (χ3v) is 3.17. The van der Waals surface area contributed by atoms with Crippen molar-refractivity contribution in [3.8, 4) is 0 Å². The Bertz CT molecular complexity index is 284. The van der Waals surface area contributed by atoms with Crippen LogP contribution in [0.25, 0.3) is 0 Å². The maximum atomic E-state index is 12.7. The molecule has 0 spiro atoms. The van der Waals surface area contributed by atoms with Gasteiger partial charge in [-0.15, -0.1) is 0 Å². The van der Waals surface area contributed by atoms with Gasteiger partial charge in [0.1, 0.15) is 0 Å². The van der Waals surface area contributed by atoms with E-state index in [0.29, 0.717) is 6.42 Å². The van der Waals surface area contributed by atoms with E-state index < -0.39 is 30.9 Å². The van der Waals surface area contributed by atoms with Crippen molar-refractivity contribution >= 4 is 5.91 Å². The monoisotopic (exact) mass is 254 g/mol. The molecule has 1 rings (SSSR count). The van der Waals surface area contributed by atoms with Crippen LogP contribution in [0.4, 0.5) is 13.2 Å². The Balaban J connectivity index is 2.64. The number of nitrogens with one attached hydrogen (secondary N) is 1. The van der Waals surface area contributed by atoms with Crippen molar-refractivity contribution in [3.05, 3.63) is 0 Å². The summed E-state index contributed by atoms with van der Waals surface area (Å²) in [6.07, 6.45) is -3.91. The van der Waals surface area contributed by atoms with Crippen LogP contribution in [-0.2, 0) is 9.53 Å². The van der Waals surface area contributed by atoms with Gasteiger partial charge in [-0.3, -0.25) is 4.79 Å². The number of rotatable bonds is 4. The molecule has 1 N–H and O–H groups in total. The second-order valence-corrected chi connectivity index (χ2v) is 4.14. The smallest absolute Gasteiger partial charge is 0.365 e. The minimum atomic E-state index is -4.44. The fourth-order valence-electron chi connectivity index (χ4n) is 1.87. The molecule has 100 valence electrons. The fourth-order valence-corrected chi connectivity index (χ4v) is 1.87. The molecule has 0 radical (unpaired) electrons. The summed E-state index contributed by atoms with van der Waals surface area (Å²) in [7, 11) is 2.63. The van der Waals surface area contributed by atoms with E-state index in [1.807, 2.05) is 0 Å². The molecule has 1 fully saturated rings. The Morgan fingerprint density at radius 3 is 2.35 bits per heavy atom. The van der Waals surface area contributed by atoms with Gasteiger partial charge in [0.2, 0.25) is 5.91 Å². The van der Waals surface area contributed by atoms with Crippen LogP contribution in [-0.4, -0.2) is 55.9 Å². The maximum absolute atomic E-state index is 12.7. The lowest BCUT2D eigenvalue weighted by Gasteiger charge is -2.50. The molecule has 7 heteroatoms. The van der Waals surface area contributed by atoms with Gasteiger partial charge in [-0.25, -0.2) is 0 Å². The minimum absolute atomic E-state index is 0.313. The average molecular weight is 254 g/mol. The van der Waals surface area contributed by atoms with Gasteiger partial charge >= 0.3 is 6.18 Å². The van der Waals surface area contributed by atoms with Crippen LogP contribution in [0.2, 0.25) is 0 Å². The van der Waals surface area contributed by atoms with E-state index in [1.54, 1.807) is 14.0 Å². The highest BCUT2D eigenvalue weighted by Crippen LogP contribution is 2.40. The lowest BCUT2D eigenvalue weighted by atomic mass is 9.92. The number of likely N-dealkylation sites (tertiary alicyclic amines) is 1. The first kappa shape index (κ1) is 14.2. The highest BCUT2D eigenvalue weighted by molar-refractivity contribution is 5.83. The van der Waals surface area contributed by atoms with Crippen LogP contribution in [0.15, 0.2) is 0 Å². The molecule has 1 atom stereocenters. The van der Waals surface area contributed by atoms with Crippen LogP contribution in [0.3, 0.4) is 0 Å². The number of amides is 1.